The molecule has 0 radical (unpaired) electrons. The van der Waals surface area contributed by atoms with Crippen LogP contribution in [0.25, 0.3) is 0 Å². The summed E-state index contributed by atoms with van der Waals surface area (Å²) in [5, 5.41) is 15.9. The molecule has 11 heteroatoms. The van der Waals surface area contributed by atoms with E-state index in [0.717, 1.165) is 56.9 Å². The molecule has 0 saturated carbocycles. The van der Waals surface area contributed by atoms with Gasteiger partial charge in [0.2, 0.25) is 5.91 Å². The van der Waals surface area contributed by atoms with E-state index in [1.165, 1.54) is 0 Å². The lowest BCUT2D eigenvalue weighted by atomic mass is 9.96. The highest BCUT2D eigenvalue weighted by Gasteiger charge is 2.30. The molecule has 50 heavy (non-hydrogen) atoms. The molecule has 3 aromatic carbocycles. The number of hydrogen-bond donors (Lipinski definition) is 3. The Hall–Kier alpha value is -4.67. The van der Waals surface area contributed by atoms with Crippen molar-refractivity contribution in [2.75, 3.05) is 41.7 Å². The number of amides is 2. The van der Waals surface area contributed by atoms with Crippen LogP contribution >= 0.6 is 0 Å². The minimum absolute atomic E-state index is 0.0770. The fourth-order valence-corrected chi connectivity index (χ4v) is 6.32. The summed E-state index contributed by atoms with van der Waals surface area (Å²) in [6.07, 6.45) is 8.94. The van der Waals surface area contributed by atoms with Crippen molar-refractivity contribution in [2.45, 2.75) is 97.1 Å². The predicted molar refractivity (Wildman–Crippen MR) is 197 cm³/mol. The van der Waals surface area contributed by atoms with Crippen molar-refractivity contribution in [1.82, 2.24) is 4.90 Å². The van der Waals surface area contributed by atoms with Gasteiger partial charge < -0.3 is 30.3 Å². The minimum Gasteiger partial charge on any atom is -0.480 e. The summed E-state index contributed by atoms with van der Waals surface area (Å²) in [5.41, 5.74) is 1.35. The number of benzene rings is 2. The van der Waals surface area contributed by atoms with Crippen molar-refractivity contribution >= 4 is 35.0 Å². The maximum atomic E-state index is 13.0. The molecule has 3 aromatic rings. The van der Waals surface area contributed by atoms with Crippen LogP contribution in [0, 0.1) is 5.92 Å². The molecule has 270 valence electrons. The third-order valence-electron chi connectivity index (χ3n) is 9.37. The molecule has 4 rings (SSSR count). The fourth-order valence-electron chi connectivity index (χ4n) is 6.32. The third kappa shape index (κ3) is 10.9. The molecule has 0 bridgehead atoms. The fraction of sp³-hybridized carbons (Fsp3) is 0.513. The van der Waals surface area contributed by atoms with E-state index in [1.54, 1.807) is 29.2 Å². The van der Waals surface area contributed by atoms with Crippen molar-refractivity contribution in [3.8, 4) is 0 Å². The molecule has 1 saturated heterocycles. The second kappa shape index (κ2) is 19.5. The first-order chi connectivity index (χ1) is 24.2. The zero-order chi connectivity index (χ0) is 35.9. The molecule has 0 unspecified atom stereocenters. The summed E-state index contributed by atoms with van der Waals surface area (Å²) in [5.74, 6) is -1.52. The van der Waals surface area contributed by atoms with Crippen LogP contribution < -0.4 is 26.4 Å². The number of carboxylic acid groups (broad SMARTS) is 1. The minimum atomic E-state index is -1.13. The van der Waals surface area contributed by atoms with Gasteiger partial charge in [-0.25, -0.2) is 9.59 Å². The summed E-state index contributed by atoms with van der Waals surface area (Å²) >= 11 is 0. The highest BCUT2D eigenvalue weighted by atomic mass is 16.6. The van der Waals surface area contributed by atoms with E-state index in [-0.39, 0.29) is 36.6 Å². The summed E-state index contributed by atoms with van der Waals surface area (Å²) in [6.45, 7) is 6.63. The number of anilines is 3. The van der Waals surface area contributed by atoms with E-state index in [2.05, 4.69) is 24.5 Å². The quantitative estimate of drug-likeness (QED) is 0.0914. The number of piperidine rings is 1. The lowest BCUT2D eigenvalue weighted by Crippen LogP contribution is -2.46. The second-order valence-electron chi connectivity index (χ2n) is 13.2. The van der Waals surface area contributed by atoms with Gasteiger partial charge in [0.1, 0.15) is 24.0 Å². The lowest BCUT2D eigenvalue weighted by Gasteiger charge is -2.30. The van der Waals surface area contributed by atoms with Gasteiger partial charge >= 0.3 is 12.1 Å². The van der Waals surface area contributed by atoms with Crippen LogP contribution in [-0.4, -0.2) is 60.2 Å². The third-order valence-corrected chi connectivity index (χ3v) is 9.37. The molecule has 2 amide bonds. The molecular formula is C39H52N4O7. The van der Waals surface area contributed by atoms with Gasteiger partial charge in [-0.2, -0.15) is 0 Å². The Kier molecular flexibility index (Phi) is 14.9. The van der Waals surface area contributed by atoms with Gasteiger partial charge in [-0.1, -0.05) is 94.8 Å². The molecule has 3 N–H and O–H groups in total. The summed E-state index contributed by atoms with van der Waals surface area (Å²) < 4.78 is 5.42. The lowest BCUT2D eigenvalue weighted by molar-refractivity contribution is -0.137. The van der Waals surface area contributed by atoms with E-state index in [4.69, 9.17) is 4.74 Å². The van der Waals surface area contributed by atoms with E-state index in [1.807, 2.05) is 35.2 Å². The van der Waals surface area contributed by atoms with Crippen LogP contribution in [0.3, 0.4) is 0 Å². The van der Waals surface area contributed by atoms with Crippen molar-refractivity contribution < 1.29 is 24.2 Å². The van der Waals surface area contributed by atoms with Crippen molar-refractivity contribution in [1.29, 1.82) is 0 Å². The number of carbonyl (C=O) groups is 3. The zero-order valence-electron chi connectivity index (χ0n) is 29.5. The molecule has 11 nitrogen and oxygen atoms in total. The topological polar surface area (TPSA) is 145 Å². The van der Waals surface area contributed by atoms with Crippen molar-refractivity contribution in [3.05, 3.63) is 86.2 Å². The van der Waals surface area contributed by atoms with Gasteiger partial charge in [-0.3, -0.25) is 14.4 Å². The van der Waals surface area contributed by atoms with Crippen LogP contribution in [0.4, 0.5) is 21.9 Å². The zero-order valence-corrected chi connectivity index (χ0v) is 29.5. The van der Waals surface area contributed by atoms with Crippen molar-refractivity contribution in [2.24, 2.45) is 5.92 Å². The number of likely N-dealkylation sites (tertiary alicyclic amines) is 1. The molecule has 1 atom stereocenters. The van der Waals surface area contributed by atoms with Crippen LogP contribution in [0.2, 0.25) is 0 Å². The average molecular weight is 689 g/mol. The van der Waals surface area contributed by atoms with Gasteiger partial charge in [0.05, 0.1) is 0 Å². The molecule has 1 heterocycles. The van der Waals surface area contributed by atoms with Crippen molar-refractivity contribution in [3.63, 3.8) is 0 Å². The number of unbranched alkanes of at least 4 members (excludes halogenated alkanes) is 6. The molecule has 1 fully saturated rings. The Morgan fingerprint density at radius 3 is 2.04 bits per heavy atom. The Labute approximate surface area is 294 Å². The number of ether oxygens (including phenoxy) is 1. The molecule has 0 aliphatic carbocycles. The first kappa shape index (κ1) is 38.1. The number of nitrogens with one attached hydrogen (secondary N) is 2. The smallest absolute Gasteiger partial charge is 0.410 e. The maximum Gasteiger partial charge on any atom is 0.410 e. The predicted octanol–water partition coefficient (Wildman–Crippen LogP) is 6.34. The maximum absolute atomic E-state index is 13.0. The van der Waals surface area contributed by atoms with E-state index < -0.39 is 22.9 Å². The van der Waals surface area contributed by atoms with Crippen LogP contribution in [0.5, 0.6) is 0 Å². The normalized spacial score (nSPS) is 13.9. The van der Waals surface area contributed by atoms with Gasteiger partial charge in [0.25, 0.3) is 10.9 Å². The van der Waals surface area contributed by atoms with Gasteiger partial charge in [-0.15, -0.1) is 0 Å². The number of aliphatic carboxylic acids is 1. The number of hydrogen-bond acceptors (Lipinski definition) is 8. The van der Waals surface area contributed by atoms with E-state index in [0.29, 0.717) is 56.0 Å². The highest BCUT2D eigenvalue weighted by molar-refractivity contribution is 5.92. The number of carbonyl (C=O) groups excluding carboxylic acids is 2. The summed E-state index contributed by atoms with van der Waals surface area (Å²) in [7, 11) is 0. The van der Waals surface area contributed by atoms with Crippen LogP contribution in [0.1, 0.15) is 89.2 Å². The first-order valence-corrected chi connectivity index (χ1v) is 18.1. The SMILES string of the molecule is CCCCCCN(CCCCCC)c1c(N[C@@H](Cc2ccc(NC(=O)C3CCN(C(=O)OCc4ccccc4)CC3)cc2)C(=O)O)c(=O)c1=O. The molecule has 0 spiro atoms. The van der Waals surface area contributed by atoms with Gasteiger partial charge in [0, 0.05) is 44.2 Å². The summed E-state index contributed by atoms with van der Waals surface area (Å²) in [4.78, 5) is 66.9. The number of nitrogens with zero attached hydrogens (tertiary/aromatic N) is 2. The Bertz CT molecular complexity index is 1580. The van der Waals surface area contributed by atoms with E-state index >= 15 is 0 Å². The molecule has 1 aliphatic rings. The molecule has 1 aliphatic heterocycles. The standard InChI is InChI=1S/C39H52N4O7/c1-3-5-7-12-22-42(23-13-8-6-4-2)34-33(35(44)36(34)45)41-32(38(47)48)26-28-16-18-31(19-17-28)40-37(46)30-20-24-43(25-21-30)39(49)50-27-29-14-10-9-11-15-29/h9-11,14-19,30,32,41H,3-8,12-13,20-27H2,1-2H3,(H,40,46)(H,47,48)/t32-/m0/s1. The number of carboxylic acids is 1. The van der Waals surface area contributed by atoms with Crippen LogP contribution in [0.15, 0.2) is 64.2 Å². The molecular weight excluding hydrogens is 636 g/mol. The monoisotopic (exact) mass is 688 g/mol. The highest BCUT2D eigenvalue weighted by Crippen LogP contribution is 2.25. The van der Waals surface area contributed by atoms with Gasteiger partial charge in [-0.05, 0) is 48.9 Å². The average Bonchev–Trinajstić information content (AvgIpc) is 3.13. The van der Waals surface area contributed by atoms with Gasteiger partial charge in [0.15, 0.2) is 0 Å². The number of rotatable bonds is 20. The Morgan fingerprint density at radius 1 is 0.840 bits per heavy atom. The Morgan fingerprint density at radius 2 is 1.46 bits per heavy atom. The van der Waals surface area contributed by atoms with Crippen LogP contribution in [-0.2, 0) is 27.4 Å². The summed E-state index contributed by atoms with van der Waals surface area (Å²) in [6, 6.07) is 15.3. The second-order valence-corrected chi connectivity index (χ2v) is 13.2. The first-order valence-electron chi connectivity index (χ1n) is 18.1. The molecule has 0 aromatic heterocycles. The van der Waals surface area contributed by atoms with E-state index in [9.17, 15) is 29.1 Å². The largest absolute Gasteiger partial charge is 0.480 e. The Balaban J connectivity index is 1.30.